The molecule has 0 amide bonds. The minimum atomic E-state index is -2.14. The van der Waals surface area contributed by atoms with E-state index in [1.54, 1.807) is 0 Å². The van der Waals surface area contributed by atoms with Gasteiger partial charge >= 0.3 is 29.3 Å². The van der Waals surface area contributed by atoms with Gasteiger partial charge in [0.15, 0.2) is 11.5 Å². The molecule has 27 heteroatoms. The highest BCUT2D eigenvalue weighted by atomic mass is 16.7. The van der Waals surface area contributed by atoms with E-state index in [9.17, 15) is 85.9 Å². The van der Waals surface area contributed by atoms with Crippen LogP contribution in [-0.4, -0.2) is 206 Å². The predicted molar refractivity (Wildman–Crippen MR) is 231 cm³/mol. The molecule has 0 radical (unpaired) electrons. The number of aromatic hydroxyl groups is 4. The van der Waals surface area contributed by atoms with Gasteiger partial charge in [-0.1, -0.05) is 12.1 Å². The van der Waals surface area contributed by atoms with Crippen LogP contribution in [-0.2, 0) is 38.1 Å². The van der Waals surface area contributed by atoms with Gasteiger partial charge in [-0.2, -0.15) is 0 Å². The number of fused-ring (bicyclic) bond motifs is 1. The Morgan fingerprint density at radius 1 is 0.583 bits per heavy atom. The lowest BCUT2D eigenvalue weighted by Gasteiger charge is -2.40. The summed E-state index contributed by atoms with van der Waals surface area (Å²) in [5.74, 6) is -8.61. The maximum Gasteiger partial charge on any atom is 0.402 e. The zero-order chi connectivity index (χ0) is 52.3. The van der Waals surface area contributed by atoms with Crippen molar-refractivity contribution in [3.8, 4) is 51.6 Å². The van der Waals surface area contributed by atoms with Crippen LogP contribution < -0.4 is 14.2 Å². The van der Waals surface area contributed by atoms with Crippen molar-refractivity contribution in [3.05, 3.63) is 66.2 Å². The third kappa shape index (κ3) is 11.8. The molecule has 3 aliphatic rings. The maximum atomic E-state index is 12.6. The van der Waals surface area contributed by atoms with Crippen LogP contribution in [0.2, 0.25) is 0 Å². The van der Waals surface area contributed by atoms with Gasteiger partial charge in [0, 0.05) is 30.3 Å². The van der Waals surface area contributed by atoms with Crippen molar-refractivity contribution in [2.75, 3.05) is 19.8 Å². The number of aliphatic carboxylic acids is 1. The molecule has 3 saturated heterocycles. The van der Waals surface area contributed by atoms with E-state index in [4.69, 9.17) is 47.4 Å². The van der Waals surface area contributed by atoms with E-state index >= 15 is 0 Å². The van der Waals surface area contributed by atoms with Crippen molar-refractivity contribution in [1.82, 2.24) is 0 Å². The predicted octanol–water partition coefficient (Wildman–Crippen LogP) is -2.97. The average Bonchev–Trinajstić information content (AvgIpc) is 3.34. The molecule has 3 aromatic carbocycles. The van der Waals surface area contributed by atoms with Crippen molar-refractivity contribution in [1.29, 1.82) is 0 Å². The third-order valence-corrected chi connectivity index (χ3v) is 11.4. The number of carboxylic acids is 1. The van der Waals surface area contributed by atoms with E-state index in [1.165, 1.54) is 30.3 Å². The van der Waals surface area contributed by atoms with E-state index in [1.807, 2.05) is 0 Å². The number of hydrogen-bond donors (Lipinski definition) is 15. The molecular weight excluding hydrogens is 972 g/mol. The molecule has 0 saturated carbocycles. The number of aliphatic hydroxyl groups is 10. The highest BCUT2D eigenvalue weighted by Crippen LogP contribution is 2.47. The van der Waals surface area contributed by atoms with Gasteiger partial charge in [-0.15, -0.1) is 0 Å². The Morgan fingerprint density at radius 3 is 1.61 bits per heavy atom. The van der Waals surface area contributed by atoms with E-state index in [0.717, 1.165) is 36.4 Å². The van der Waals surface area contributed by atoms with Gasteiger partial charge < -0.3 is 114 Å². The summed E-state index contributed by atoms with van der Waals surface area (Å²) in [4.78, 5) is 35.6. The fourth-order valence-corrected chi connectivity index (χ4v) is 7.52. The fraction of sp³-hybridized carbons (Fsp3) is 0.422. The number of rotatable bonds is 16. The first-order valence-electron chi connectivity index (χ1n) is 21.5. The largest absolute Gasteiger partial charge is 0.508 e. The third-order valence-electron chi connectivity index (χ3n) is 11.4. The quantitative estimate of drug-likeness (QED) is 0.0231. The van der Waals surface area contributed by atoms with Crippen molar-refractivity contribution < 1.29 is 133 Å². The fourth-order valence-electron chi connectivity index (χ4n) is 7.52. The lowest BCUT2D eigenvalue weighted by Crippen LogP contribution is -2.60. The van der Waals surface area contributed by atoms with E-state index in [-0.39, 0.29) is 22.3 Å². The maximum absolute atomic E-state index is 12.6. The number of ether oxygens (including phenoxy) is 8. The minimum absolute atomic E-state index is 0.0250. The molecule has 0 aliphatic carbocycles. The van der Waals surface area contributed by atoms with Gasteiger partial charge in [-0.25, -0.2) is 9.21 Å². The molecule has 15 N–H and O–H groups in total. The molecule has 390 valence electrons. The molecule has 72 heavy (non-hydrogen) atoms. The monoisotopic (exact) mass is 1020 g/mol. The van der Waals surface area contributed by atoms with Gasteiger partial charge in [0.05, 0.1) is 18.2 Å². The van der Waals surface area contributed by atoms with Gasteiger partial charge in [0.1, 0.15) is 116 Å². The number of aliphatic hydroxyl groups excluding tert-OH is 10. The summed E-state index contributed by atoms with van der Waals surface area (Å²) in [5.41, 5.74) is -0.162. The minimum Gasteiger partial charge on any atom is -0.508 e. The molecular formula is C45H49O27+. The number of phenolic OH excluding ortho intramolecular Hbond substituents is 4. The van der Waals surface area contributed by atoms with Crippen LogP contribution in [0.1, 0.15) is 12.0 Å². The molecule has 1 aromatic heterocycles. The second-order valence-corrected chi connectivity index (χ2v) is 16.5. The van der Waals surface area contributed by atoms with Crippen molar-refractivity contribution in [3.63, 3.8) is 0 Å². The zero-order valence-corrected chi connectivity index (χ0v) is 36.9. The first-order chi connectivity index (χ1) is 34.1. The van der Waals surface area contributed by atoms with Crippen LogP contribution in [0.5, 0.6) is 40.2 Å². The Bertz CT molecular complexity index is 2610. The lowest BCUT2D eigenvalue weighted by molar-refractivity contribution is -0.279. The highest BCUT2D eigenvalue weighted by molar-refractivity contribution is 5.90. The van der Waals surface area contributed by atoms with Crippen LogP contribution in [0.3, 0.4) is 0 Å². The van der Waals surface area contributed by atoms with Crippen molar-refractivity contribution >= 4 is 35.0 Å². The van der Waals surface area contributed by atoms with Gasteiger partial charge in [-0.3, -0.25) is 9.59 Å². The van der Waals surface area contributed by atoms with Gasteiger partial charge in [-0.05, 0) is 23.8 Å². The highest BCUT2D eigenvalue weighted by Gasteiger charge is 2.49. The normalized spacial score (nSPS) is 30.7. The smallest absolute Gasteiger partial charge is 0.402 e. The second-order valence-electron chi connectivity index (χ2n) is 16.5. The lowest BCUT2D eigenvalue weighted by atomic mass is 9.99. The summed E-state index contributed by atoms with van der Waals surface area (Å²) in [6.07, 6.45) is -28.0. The molecule has 4 heterocycles. The molecule has 4 aromatic rings. The number of carbonyl (C=O) groups excluding carboxylic acids is 2. The molecule has 27 nitrogen and oxygen atoms in total. The second kappa shape index (κ2) is 22.4. The topological polar surface area (TPSA) is 440 Å². The van der Waals surface area contributed by atoms with Crippen molar-refractivity contribution in [2.45, 2.75) is 98.5 Å². The Kier molecular flexibility index (Phi) is 16.5. The van der Waals surface area contributed by atoms with Crippen LogP contribution in [0.25, 0.3) is 28.4 Å². The zero-order valence-electron chi connectivity index (χ0n) is 36.9. The average molecular weight is 1020 g/mol. The number of benzene rings is 3. The molecule has 15 atom stereocenters. The van der Waals surface area contributed by atoms with E-state index in [2.05, 4.69) is 0 Å². The van der Waals surface area contributed by atoms with Crippen LogP contribution in [0.15, 0.2) is 65.1 Å². The van der Waals surface area contributed by atoms with E-state index in [0.29, 0.717) is 5.56 Å². The standard InChI is InChI=1S/C45H48O27/c46-13-26-33(55)36(58)39(61)43(70-26)67-23-7-17(8-24(32(23)54)68-44-40(62)37(59)34(56)27(71-44)14-64-30(52)6-3-16-1-4-18(47)5-2-16)42-25(11-20-21(49)9-19(48)10-22(20)66-42)69-45-41(63)38(60)35(57)28(72-45)15-65-31(53)12-29(50)51/h1-11,26-28,33-41,43-46,55-63H,12-15H2,(H4-,47,48,49,50,51,52,54)/p+1/t26?,27?,28?,33-,34-,35-,36+,37+,38+,39?,40?,41?,43-,44-,45-/m1/s1. The first kappa shape index (κ1) is 53.1. The Morgan fingerprint density at radius 2 is 1.08 bits per heavy atom. The summed E-state index contributed by atoms with van der Waals surface area (Å²) < 4.78 is 50.6. The summed E-state index contributed by atoms with van der Waals surface area (Å²) in [6.45, 7) is -2.54. The van der Waals surface area contributed by atoms with Crippen molar-refractivity contribution in [2.24, 2.45) is 0 Å². The van der Waals surface area contributed by atoms with Crippen LogP contribution in [0, 0.1) is 0 Å². The summed E-state index contributed by atoms with van der Waals surface area (Å²) >= 11 is 0. The van der Waals surface area contributed by atoms with Gasteiger partial charge in [0.25, 0.3) is 0 Å². The molecule has 0 spiro atoms. The number of esters is 2. The molecule has 3 aliphatic heterocycles. The Labute approximate surface area is 403 Å². The Hall–Kier alpha value is -6.70. The van der Waals surface area contributed by atoms with Crippen LogP contribution >= 0.6 is 0 Å². The van der Waals surface area contributed by atoms with E-state index < -0.39 is 177 Å². The number of carboxylic acid groups (broad SMARTS) is 1. The SMILES string of the molecule is O=C(O)CC(=O)OCC1O[C@@H](Oc2cc3c(O)cc(O)cc3[o+]c2-c2cc(O[C@@H]3OC(CO)[C@@H](O)[C@H](O)C3O)c(O)c(O[C@@H]3OC(COC(=O)/C=C/c4ccc(O)cc4)[C@@H](O)[C@H](O)C3O)c2)C(O)[C@@H](O)[C@@H]1O. The number of hydrogen-bond acceptors (Lipinski definition) is 25. The first-order valence-corrected chi connectivity index (χ1v) is 21.5. The summed E-state index contributed by atoms with van der Waals surface area (Å²) in [6, 6.07) is 10.6. The molecule has 7 rings (SSSR count). The molecule has 6 unspecified atom stereocenters. The molecule has 3 fully saturated rings. The summed E-state index contributed by atoms with van der Waals surface area (Å²) in [7, 11) is 0. The number of carbonyl (C=O) groups is 3. The number of phenols is 4. The molecule has 0 bridgehead atoms. The van der Waals surface area contributed by atoms with Gasteiger partial charge in [0.2, 0.25) is 30.4 Å². The Balaban J connectivity index is 1.27. The van der Waals surface area contributed by atoms with Crippen LogP contribution in [0.4, 0.5) is 0 Å². The summed E-state index contributed by atoms with van der Waals surface area (Å²) in [5, 5.41) is 158.